The zero-order valence-corrected chi connectivity index (χ0v) is 9.53. The van der Waals surface area contributed by atoms with Crippen LogP contribution < -0.4 is 0 Å². The van der Waals surface area contributed by atoms with E-state index in [9.17, 15) is 4.79 Å². The largest absolute Gasteiger partial charge is 0.458 e. The molecule has 4 nitrogen and oxygen atoms in total. The van der Waals surface area contributed by atoms with Gasteiger partial charge in [0, 0.05) is 6.92 Å². The molecule has 1 saturated carbocycles. The lowest BCUT2D eigenvalue weighted by atomic mass is 9.75. The zero-order valence-electron chi connectivity index (χ0n) is 9.53. The summed E-state index contributed by atoms with van der Waals surface area (Å²) < 4.78 is 5.37. The normalized spacial score (nSPS) is 20.2. The van der Waals surface area contributed by atoms with Gasteiger partial charge in [0.25, 0.3) is 0 Å². The van der Waals surface area contributed by atoms with E-state index in [2.05, 4.69) is 6.07 Å². The summed E-state index contributed by atoms with van der Waals surface area (Å²) in [6.07, 6.45) is 4.55. The van der Waals surface area contributed by atoms with Gasteiger partial charge in [0.1, 0.15) is 5.60 Å². The summed E-state index contributed by atoms with van der Waals surface area (Å²) in [7, 11) is 0. The third kappa shape index (κ3) is 2.73. The van der Waals surface area contributed by atoms with Crippen LogP contribution >= 0.6 is 0 Å². The van der Waals surface area contributed by atoms with Crippen LogP contribution in [0.4, 0.5) is 0 Å². The first-order chi connectivity index (χ1) is 7.64. The van der Waals surface area contributed by atoms with Gasteiger partial charge in [-0.15, -0.1) is 0 Å². The van der Waals surface area contributed by atoms with Crippen molar-refractivity contribution in [2.24, 2.45) is 5.92 Å². The highest BCUT2D eigenvalue weighted by Crippen LogP contribution is 2.39. The van der Waals surface area contributed by atoms with Gasteiger partial charge in [-0.3, -0.25) is 4.79 Å². The van der Waals surface area contributed by atoms with Crippen LogP contribution in [0.3, 0.4) is 0 Å². The Balaban J connectivity index is 2.88. The van der Waals surface area contributed by atoms with Crippen LogP contribution in [0.15, 0.2) is 0 Å². The van der Waals surface area contributed by atoms with Crippen molar-refractivity contribution in [3.63, 3.8) is 0 Å². The molecule has 0 aliphatic heterocycles. The molecule has 1 unspecified atom stereocenters. The van der Waals surface area contributed by atoms with E-state index in [0.29, 0.717) is 12.8 Å². The Hall–Kier alpha value is -1.55. The smallest absolute Gasteiger partial charge is 0.303 e. The topological polar surface area (TPSA) is 73.9 Å². The van der Waals surface area contributed by atoms with Crippen LogP contribution in [0.5, 0.6) is 0 Å². The Morgan fingerprint density at radius 1 is 1.38 bits per heavy atom. The summed E-state index contributed by atoms with van der Waals surface area (Å²) in [5, 5.41) is 17.8. The summed E-state index contributed by atoms with van der Waals surface area (Å²) in [4.78, 5) is 11.1. The summed E-state index contributed by atoms with van der Waals surface area (Å²) in [5.74, 6) is -0.859. The number of ether oxygens (including phenoxy) is 1. The molecule has 0 amide bonds. The Bertz CT molecular complexity index is 332. The summed E-state index contributed by atoms with van der Waals surface area (Å²) >= 11 is 0. The molecule has 0 aromatic rings. The maximum atomic E-state index is 11.1. The summed E-state index contributed by atoms with van der Waals surface area (Å²) in [5.41, 5.74) is -0.714. The quantitative estimate of drug-likeness (QED) is 0.684. The lowest BCUT2D eigenvalue weighted by molar-refractivity contribution is -0.165. The van der Waals surface area contributed by atoms with Crippen LogP contribution in [0, 0.1) is 28.6 Å². The van der Waals surface area contributed by atoms with Gasteiger partial charge in [-0.25, -0.2) is 0 Å². The highest BCUT2D eigenvalue weighted by molar-refractivity contribution is 5.66. The first kappa shape index (κ1) is 12.5. The monoisotopic (exact) mass is 220 g/mol. The molecule has 1 rings (SSSR count). The molecule has 0 saturated heterocycles. The van der Waals surface area contributed by atoms with E-state index < -0.39 is 11.5 Å². The minimum absolute atomic E-state index is 0.129. The van der Waals surface area contributed by atoms with E-state index in [-0.39, 0.29) is 12.4 Å². The summed E-state index contributed by atoms with van der Waals surface area (Å²) in [6.45, 7) is 1.36. The molecule has 16 heavy (non-hydrogen) atoms. The van der Waals surface area contributed by atoms with E-state index >= 15 is 0 Å². The molecular formula is C12H16N2O2. The van der Waals surface area contributed by atoms with Gasteiger partial charge in [-0.05, 0) is 25.7 Å². The second-order valence-corrected chi connectivity index (χ2v) is 4.26. The van der Waals surface area contributed by atoms with Crippen LogP contribution in [0.2, 0.25) is 0 Å². The Morgan fingerprint density at radius 3 is 2.44 bits per heavy atom. The van der Waals surface area contributed by atoms with E-state index in [1.165, 1.54) is 6.92 Å². The van der Waals surface area contributed by atoms with Crippen LogP contribution in [0.1, 0.15) is 45.4 Å². The van der Waals surface area contributed by atoms with Crippen molar-refractivity contribution in [3.05, 3.63) is 0 Å². The molecule has 1 atom stereocenters. The van der Waals surface area contributed by atoms with Crippen molar-refractivity contribution in [1.82, 2.24) is 0 Å². The predicted molar refractivity (Wildman–Crippen MR) is 56.9 cm³/mol. The van der Waals surface area contributed by atoms with Gasteiger partial charge in [-0.2, -0.15) is 10.5 Å². The van der Waals surface area contributed by atoms with Gasteiger partial charge in [0.2, 0.25) is 0 Å². The first-order valence-corrected chi connectivity index (χ1v) is 5.61. The number of carbonyl (C=O) groups excluding carboxylic acids is 1. The van der Waals surface area contributed by atoms with Gasteiger partial charge in [0.05, 0.1) is 24.5 Å². The number of nitrogens with zero attached hydrogens (tertiary/aromatic N) is 2. The standard InChI is InChI=1S/C12H16N2O2/c1-10(15)16-12(6-3-2-4-7-12)11(9-14)5-8-13/h11H,2-7H2,1H3. The molecule has 1 aliphatic rings. The number of rotatable bonds is 3. The number of nitriles is 2. The molecule has 0 bridgehead atoms. The third-order valence-corrected chi connectivity index (χ3v) is 3.13. The van der Waals surface area contributed by atoms with E-state index in [1.807, 2.05) is 6.07 Å². The Morgan fingerprint density at radius 2 is 2.00 bits per heavy atom. The molecule has 0 aromatic carbocycles. The molecule has 4 heteroatoms. The third-order valence-electron chi connectivity index (χ3n) is 3.13. The number of carbonyl (C=O) groups is 1. The lowest BCUT2D eigenvalue weighted by Crippen LogP contribution is -2.43. The number of hydrogen-bond acceptors (Lipinski definition) is 4. The average Bonchev–Trinajstić information content (AvgIpc) is 2.26. The highest BCUT2D eigenvalue weighted by Gasteiger charge is 2.43. The number of hydrogen-bond donors (Lipinski definition) is 0. The van der Waals surface area contributed by atoms with Crippen LogP contribution in [0.25, 0.3) is 0 Å². The molecule has 86 valence electrons. The lowest BCUT2D eigenvalue weighted by Gasteiger charge is -2.39. The second kappa shape index (κ2) is 5.51. The maximum Gasteiger partial charge on any atom is 0.303 e. The second-order valence-electron chi connectivity index (χ2n) is 4.26. The fourth-order valence-corrected chi connectivity index (χ4v) is 2.40. The van der Waals surface area contributed by atoms with E-state index in [0.717, 1.165) is 19.3 Å². The fourth-order valence-electron chi connectivity index (χ4n) is 2.40. The molecule has 0 spiro atoms. The van der Waals surface area contributed by atoms with Gasteiger partial charge < -0.3 is 4.74 Å². The van der Waals surface area contributed by atoms with Crippen molar-refractivity contribution in [2.45, 2.75) is 51.0 Å². The van der Waals surface area contributed by atoms with Gasteiger partial charge in [-0.1, -0.05) is 6.42 Å². The van der Waals surface area contributed by atoms with E-state index in [1.54, 1.807) is 0 Å². The van der Waals surface area contributed by atoms with Gasteiger partial charge in [0.15, 0.2) is 0 Å². The highest BCUT2D eigenvalue weighted by atomic mass is 16.6. The minimum Gasteiger partial charge on any atom is -0.458 e. The SMILES string of the molecule is CC(=O)OC1(C(C#N)CC#N)CCCCC1. The summed E-state index contributed by atoms with van der Waals surface area (Å²) in [6, 6.07) is 4.12. The predicted octanol–water partition coefficient (Wildman–Crippen LogP) is 2.31. The van der Waals surface area contributed by atoms with Crippen LogP contribution in [-0.2, 0) is 9.53 Å². The Kier molecular flexibility index (Phi) is 4.31. The Labute approximate surface area is 95.8 Å². The molecular weight excluding hydrogens is 204 g/mol. The van der Waals surface area contributed by atoms with Crippen molar-refractivity contribution in [2.75, 3.05) is 0 Å². The number of esters is 1. The van der Waals surface area contributed by atoms with Crippen molar-refractivity contribution in [1.29, 1.82) is 10.5 Å². The minimum atomic E-state index is -0.714. The molecule has 0 N–H and O–H groups in total. The van der Waals surface area contributed by atoms with Crippen molar-refractivity contribution < 1.29 is 9.53 Å². The molecule has 1 aliphatic carbocycles. The molecule has 0 aromatic heterocycles. The van der Waals surface area contributed by atoms with E-state index in [4.69, 9.17) is 15.3 Å². The van der Waals surface area contributed by atoms with Crippen molar-refractivity contribution in [3.8, 4) is 12.1 Å². The maximum absolute atomic E-state index is 11.1. The average molecular weight is 220 g/mol. The molecule has 1 fully saturated rings. The zero-order chi connectivity index (χ0) is 12.0. The fraction of sp³-hybridized carbons (Fsp3) is 0.750. The first-order valence-electron chi connectivity index (χ1n) is 5.61. The van der Waals surface area contributed by atoms with Gasteiger partial charge >= 0.3 is 5.97 Å². The molecule has 0 radical (unpaired) electrons. The van der Waals surface area contributed by atoms with Crippen LogP contribution in [-0.4, -0.2) is 11.6 Å². The molecule has 0 heterocycles. The van der Waals surface area contributed by atoms with Crippen molar-refractivity contribution >= 4 is 5.97 Å².